The first kappa shape index (κ1) is 24.1. The molecule has 0 spiro atoms. The molecule has 0 bridgehead atoms. The molecule has 1 N–H and O–H groups in total. The number of anilines is 3. The van der Waals surface area contributed by atoms with E-state index < -0.39 is 12.4 Å². The molecule has 1 amide bonds. The summed E-state index contributed by atoms with van der Waals surface area (Å²) in [5.41, 5.74) is 2.81. The van der Waals surface area contributed by atoms with Crippen LogP contribution in [0.25, 0.3) is 11.4 Å². The van der Waals surface area contributed by atoms with Crippen LogP contribution in [0.4, 0.5) is 30.5 Å². The van der Waals surface area contributed by atoms with Crippen molar-refractivity contribution in [2.24, 2.45) is 7.05 Å². The molecule has 2 aliphatic heterocycles. The highest BCUT2D eigenvalue weighted by molar-refractivity contribution is 5.97. The number of aromatic nitrogens is 3. The minimum Gasteiger partial charge on any atom is -0.369 e. The van der Waals surface area contributed by atoms with Crippen LogP contribution in [0, 0.1) is 5.82 Å². The third-order valence-corrected chi connectivity index (χ3v) is 6.54. The van der Waals surface area contributed by atoms with Gasteiger partial charge in [0.2, 0.25) is 0 Å². The summed E-state index contributed by atoms with van der Waals surface area (Å²) in [6, 6.07) is 7.59. The molecule has 3 aromatic rings. The highest BCUT2D eigenvalue weighted by atomic mass is 19.3. The Morgan fingerprint density at radius 3 is 2.61 bits per heavy atom. The van der Waals surface area contributed by atoms with E-state index in [1.165, 1.54) is 18.3 Å². The minimum atomic E-state index is -3.24. The average molecular weight is 502 g/mol. The number of hydrogen-bond donors (Lipinski definition) is 1. The number of benzene rings is 1. The van der Waals surface area contributed by atoms with Crippen LogP contribution in [0.3, 0.4) is 0 Å². The molecule has 0 radical (unpaired) electrons. The van der Waals surface area contributed by atoms with Gasteiger partial charge < -0.3 is 19.7 Å². The molecule has 5 rings (SSSR count). The van der Waals surface area contributed by atoms with Gasteiger partial charge in [0.25, 0.3) is 11.9 Å². The van der Waals surface area contributed by atoms with Gasteiger partial charge in [-0.1, -0.05) is 0 Å². The summed E-state index contributed by atoms with van der Waals surface area (Å²) in [7, 11) is 3.83. The van der Waals surface area contributed by atoms with E-state index >= 15 is 0 Å². The number of rotatable bonds is 6. The van der Waals surface area contributed by atoms with Gasteiger partial charge in [0.1, 0.15) is 11.5 Å². The van der Waals surface area contributed by atoms with Crippen molar-refractivity contribution >= 4 is 23.2 Å². The average Bonchev–Trinajstić information content (AvgIpc) is 3.21. The standard InChI is InChI=1S/C24H26F3N7O2/c1-31-9-11-33(12-10-31)15-3-4-17(25)20(13-15)34(36-23(26)27)24-29-7-5-18(30-24)21-14-16-19(32(21)2)6-8-28-22(16)35/h3-5,7,13-14,23H,6,8-12H2,1-2H3,(H,28,35). The fourth-order valence-corrected chi connectivity index (χ4v) is 4.58. The molecular weight excluding hydrogens is 475 g/mol. The monoisotopic (exact) mass is 501 g/mol. The lowest BCUT2D eigenvalue weighted by molar-refractivity contribution is -0.130. The highest BCUT2D eigenvalue weighted by Crippen LogP contribution is 2.33. The Bertz CT molecular complexity index is 1270. The number of alkyl halides is 2. The van der Waals surface area contributed by atoms with Crippen LogP contribution in [-0.4, -0.2) is 71.7 Å². The fraction of sp³-hybridized carbons (Fsp3) is 0.375. The number of likely N-dealkylation sites (N-methyl/N-ethyl adjacent to an activating group) is 1. The van der Waals surface area contributed by atoms with Gasteiger partial charge in [-0.25, -0.2) is 14.4 Å². The third-order valence-electron chi connectivity index (χ3n) is 6.54. The van der Waals surface area contributed by atoms with Crippen molar-refractivity contribution in [3.63, 3.8) is 0 Å². The quantitative estimate of drug-likeness (QED) is 0.521. The molecule has 1 saturated heterocycles. The van der Waals surface area contributed by atoms with Crippen molar-refractivity contribution < 1.29 is 22.8 Å². The van der Waals surface area contributed by atoms with Crippen LogP contribution in [0.15, 0.2) is 36.5 Å². The predicted octanol–water partition coefficient (Wildman–Crippen LogP) is 2.95. The topological polar surface area (TPSA) is 78.8 Å². The lowest BCUT2D eigenvalue weighted by atomic mass is 10.1. The Morgan fingerprint density at radius 2 is 1.89 bits per heavy atom. The molecule has 9 nitrogen and oxygen atoms in total. The summed E-state index contributed by atoms with van der Waals surface area (Å²) in [5, 5.41) is 3.42. The Kier molecular flexibility index (Phi) is 6.54. The van der Waals surface area contributed by atoms with Gasteiger partial charge in [0, 0.05) is 63.8 Å². The maximum absolute atomic E-state index is 15.0. The highest BCUT2D eigenvalue weighted by Gasteiger charge is 2.26. The van der Waals surface area contributed by atoms with Crippen molar-refractivity contribution in [2.45, 2.75) is 13.0 Å². The van der Waals surface area contributed by atoms with E-state index in [1.54, 1.807) is 25.2 Å². The summed E-state index contributed by atoms with van der Waals surface area (Å²) < 4.78 is 43.7. The zero-order valence-corrected chi connectivity index (χ0v) is 19.9. The Hall–Kier alpha value is -3.64. The maximum atomic E-state index is 15.0. The Balaban J connectivity index is 1.53. The minimum absolute atomic E-state index is 0.183. The third kappa shape index (κ3) is 4.61. The lowest BCUT2D eigenvalue weighted by Crippen LogP contribution is -2.44. The Labute approximate surface area is 206 Å². The molecule has 2 aromatic heterocycles. The fourth-order valence-electron chi connectivity index (χ4n) is 4.58. The molecule has 2 aliphatic rings. The molecule has 0 saturated carbocycles. The van der Waals surface area contributed by atoms with E-state index in [4.69, 9.17) is 4.84 Å². The number of amides is 1. The smallest absolute Gasteiger partial charge is 0.365 e. The van der Waals surface area contributed by atoms with Crippen molar-refractivity contribution in [3.05, 3.63) is 53.6 Å². The molecule has 12 heteroatoms. The molecule has 0 aliphatic carbocycles. The number of fused-ring (bicyclic) bond motifs is 1. The number of piperazine rings is 1. The number of hydrogen-bond acceptors (Lipinski definition) is 7. The lowest BCUT2D eigenvalue weighted by Gasteiger charge is -2.34. The number of nitrogens with one attached hydrogen (secondary N) is 1. The molecule has 1 aromatic carbocycles. The van der Waals surface area contributed by atoms with E-state index in [-0.39, 0.29) is 17.5 Å². The zero-order valence-electron chi connectivity index (χ0n) is 19.9. The summed E-state index contributed by atoms with van der Waals surface area (Å²) >= 11 is 0. The van der Waals surface area contributed by atoms with E-state index in [2.05, 4.69) is 25.1 Å². The van der Waals surface area contributed by atoms with Gasteiger partial charge in [0.15, 0.2) is 0 Å². The first-order valence-electron chi connectivity index (χ1n) is 11.6. The molecule has 1 fully saturated rings. The van der Waals surface area contributed by atoms with Crippen LogP contribution >= 0.6 is 0 Å². The number of nitrogens with zero attached hydrogens (tertiary/aromatic N) is 6. The molecule has 4 heterocycles. The van der Waals surface area contributed by atoms with Gasteiger partial charge >= 0.3 is 6.61 Å². The van der Waals surface area contributed by atoms with Crippen LogP contribution in [-0.2, 0) is 18.3 Å². The SMILES string of the molecule is CN1CCN(c2ccc(F)c(N(OC(F)F)c3nccc(-c4cc5c(n4C)CCNC5=O)n3)c2)CC1. The largest absolute Gasteiger partial charge is 0.369 e. The summed E-state index contributed by atoms with van der Waals surface area (Å²) in [6.45, 7) is 0.373. The Morgan fingerprint density at radius 1 is 1.11 bits per heavy atom. The molecule has 190 valence electrons. The van der Waals surface area contributed by atoms with E-state index in [0.717, 1.165) is 31.9 Å². The number of halogens is 3. The van der Waals surface area contributed by atoms with Gasteiger partial charge in [0.05, 0.1) is 17.0 Å². The van der Waals surface area contributed by atoms with Crippen molar-refractivity contribution in [1.29, 1.82) is 0 Å². The maximum Gasteiger partial charge on any atom is 0.365 e. The summed E-state index contributed by atoms with van der Waals surface area (Å²) in [5.74, 6) is -1.20. The van der Waals surface area contributed by atoms with E-state index in [0.29, 0.717) is 40.7 Å². The van der Waals surface area contributed by atoms with Crippen LogP contribution < -0.4 is 15.3 Å². The van der Waals surface area contributed by atoms with Crippen molar-refractivity contribution in [1.82, 2.24) is 24.8 Å². The molecule has 36 heavy (non-hydrogen) atoms. The summed E-state index contributed by atoms with van der Waals surface area (Å²) in [4.78, 5) is 29.7. The van der Waals surface area contributed by atoms with Crippen molar-refractivity contribution in [2.75, 3.05) is 49.7 Å². The first-order chi connectivity index (χ1) is 17.3. The second-order valence-corrected chi connectivity index (χ2v) is 8.78. The second kappa shape index (κ2) is 9.78. The molecule has 0 unspecified atom stereocenters. The van der Waals surface area contributed by atoms with E-state index in [9.17, 15) is 18.0 Å². The van der Waals surface area contributed by atoms with Gasteiger partial charge in [-0.2, -0.15) is 18.7 Å². The zero-order chi connectivity index (χ0) is 25.4. The van der Waals surface area contributed by atoms with Gasteiger partial charge in [-0.05, 0) is 37.4 Å². The molecular formula is C24H26F3N7O2. The van der Waals surface area contributed by atoms with E-state index in [1.807, 2.05) is 11.6 Å². The van der Waals surface area contributed by atoms with Gasteiger partial charge in [-0.3, -0.25) is 4.79 Å². The predicted molar refractivity (Wildman–Crippen MR) is 128 cm³/mol. The van der Waals surface area contributed by atoms with Crippen LogP contribution in [0.2, 0.25) is 0 Å². The second-order valence-electron chi connectivity index (χ2n) is 8.78. The van der Waals surface area contributed by atoms with Crippen LogP contribution in [0.5, 0.6) is 0 Å². The number of carbonyl (C=O) groups is 1. The van der Waals surface area contributed by atoms with Crippen molar-refractivity contribution in [3.8, 4) is 11.4 Å². The first-order valence-corrected chi connectivity index (χ1v) is 11.6. The molecule has 0 atom stereocenters. The normalized spacial score (nSPS) is 16.3. The van der Waals surface area contributed by atoms with Gasteiger partial charge in [-0.15, -0.1) is 0 Å². The van der Waals surface area contributed by atoms with Crippen LogP contribution in [0.1, 0.15) is 16.1 Å². The number of carbonyl (C=O) groups excluding carboxylic acids is 1. The summed E-state index contributed by atoms with van der Waals surface area (Å²) in [6.07, 6.45) is 2.04.